The lowest BCUT2D eigenvalue weighted by Crippen LogP contribution is -2.45. The molecule has 0 aromatic heterocycles. The number of ether oxygens (including phenoxy) is 1. The predicted octanol–water partition coefficient (Wildman–Crippen LogP) is 1.92. The lowest BCUT2D eigenvalue weighted by molar-refractivity contribution is -0.128. The van der Waals surface area contributed by atoms with Gasteiger partial charge in [0.15, 0.2) is 0 Å². The normalized spacial score (nSPS) is 20.0. The minimum atomic E-state index is -0.504. The summed E-state index contributed by atoms with van der Waals surface area (Å²) in [7, 11) is 0. The molecule has 0 radical (unpaired) electrons. The van der Waals surface area contributed by atoms with Crippen LogP contribution in [0.1, 0.15) is 0 Å². The Hall–Kier alpha value is -0.810. The van der Waals surface area contributed by atoms with Gasteiger partial charge in [-0.15, -0.1) is 0 Å². The zero-order chi connectivity index (χ0) is 12.3. The van der Waals surface area contributed by atoms with Crippen LogP contribution in [-0.4, -0.2) is 31.7 Å². The fourth-order valence-electron chi connectivity index (χ4n) is 1.55. The lowest BCUT2D eigenvalue weighted by Gasteiger charge is -2.23. The highest BCUT2D eigenvalue weighted by Gasteiger charge is 2.22. The summed E-state index contributed by atoms with van der Waals surface area (Å²) in [5, 5.41) is 6.58. The summed E-state index contributed by atoms with van der Waals surface area (Å²) in [5.74, 6) is -0.243. The maximum atomic E-state index is 11.9. The maximum absolute atomic E-state index is 11.9. The molecule has 1 saturated heterocycles. The molecule has 1 aromatic carbocycles. The number of morpholine rings is 1. The quantitative estimate of drug-likeness (QED) is 0.867. The van der Waals surface area contributed by atoms with Gasteiger partial charge in [0.1, 0.15) is 6.10 Å². The highest BCUT2D eigenvalue weighted by Crippen LogP contribution is 2.29. The van der Waals surface area contributed by atoms with E-state index in [0.717, 1.165) is 6.54 Å². The van der Waals surface area contributed by atoms with E-state index in [4.69, 9.17) is 27.9 Å². The molecule has 1 aliphatic rings. The molecular weight excluding hydrogens is 263 g/mol. The Morgan fingerprint density at radius 2 is 2.12 bits per heavy atom. The molecule has 1 amide bonds. The second-order valence-corrected chi connectivity index (χ2v) is 4.46. The number of benzene rings is 1. The average molecular weight is 275 g/mol. The standard InChI is InChI=1S/C11H12Cl2N2O2/c12-7-2-1-3-8(13)10(7)15-11(16)9-6-14-4-5-17-9/h1-3,9,14H,4-6H2,(H,15,16). The fraction of sp³-hybridized carbons (Fsp3) is 0.364. The van der Waals surface area contributed by atoms with E-state index in [1.165, 1.54) is 0 Å². The molecule has 1 atom stereocenters. The Balaban J connectivity index is 2.07. The van der Waals surface area contributed by atoms with Crippen LogP contribution in [0.5, 0.6) is 0 Å². The van der Waals surface area contributed by atoms with Crippen molar-refractivity contribution in [3.8, 4) is 0 Å². The number of rotatable bonds is 2. The van der Waals surface area contributed by atoms with Crippen LogP contribution in [0.3, 0.4) is 0 Å². The van der Waals surface area contributed by atoms with Crippen LogP contribution in [0.4, 0.5) is 5.69 Å². The van der Waals surface area contributed by atoms with Gasteiger partial charge in [0.25, 0.3) is 5.91 Å². The van der Waals surface area contributed by atoms with Crippen LogP contribution in [0.25, 0.3) is 0 Å². The third-order valence-electron chi connectivity index (χ3n) is 2.43. The SMILES string of the molecule is O=C(Nc1c(Cl)cccc1Cl)C1CNCCO1. The van der Waals surface area contributed by atoms with Crippen molar-refractivity contribution in [2.75, 3.05) is 25.0 Å². The number of nitrogens with one attached hydrogen (secondary N) is 2. The van der Waals surface area contributed by atoms with Gasteiger partial charge < -0.3 is 15.4 Å². The minimum Gasteiger partial charge on any atom is -0.366 e. The van der Waals surface area contributed by atoms with Crippen molar-refractivity contribution in [2.45, 2.75) is 6.10 Å². The average Bonchev–Trinajstić information content (AvgIpc) is 2.35. The van der Waals surface area contributed by atoms with E-state index in [0.29, 0.717) is 28.9 Å². The first-order valence-corrected chi connectivity index (χ1v) is 6.01. The molecule has 17 heavy (non-hydrogen) atoms. The molecule has 0 spiro atoms. The Labute approximate surface area is 109 Å². The van der Waals surface area contributed by atoms with Gasteiger partial charge in [-0.05, 0) is 12.1 Å². The van der Waals surface area contributed by atoms with Gasteiger partial charge in [0.2, 0.25) is 0 Å². The molecule has 0 aliphatic carbocycles. The van der Waals surface area contributed by atoms with Crippen molar-refractivity contribution in [3.05, 3.63) is 28.2 Å². The van der Waals surface area contributed by atoms with Crippen molar-refractivity contribution in [1.82, 2.24) is 5.32 Å². The van der Waals surface area contributed by atoms with Gasteiger partial charge >= 0.3 is 0 Å². The summed E-state index contributed by atoms with van der Waals surface area (Å²) >= 11 is 11.9. The molecule has 2 N–H and O–H groups in total. The molecule has 1 fully saturated rings. The number of anilines is 1. The van der Waals surface area contributed by atoms with E-state index in [1.807, 2.05) is 0 Å². The van der Waals surface area contributed by atoms with E-state index in [2.05, 4.69) is 10.6 Å². The number of carbonyl (C=O) groups is 1. The molecule has 1 unspecified atom stereocenters. The van der Waals surface area contributed by atoms with Crippen molar-refractivity contribution in [2.24, 2.45) is 0 Å². The summed E-state index contributed by atoms with van der Waals surface area (Å²) in [6, 6.07) is 5.06. The molecular formula is C11H12Cl2N2O2. The highest BCUT2D eigenvalue weighted by atomic mass is 35.5. The molecule has 1 heterocycles. The number of carbonyl (C=O) groups excluding carboxylic acids is 1. The number of amides is 1. The van der Waals surface area contributed by atoms with Gasteiger partial charge in [0.05, 0.1) is 22.3 Å². The Morgan fingerprint density at radius 3 is 2.71 bits per heavy atom. The van der Waals surface area contributed by atoms with Gasteiger partial charge in [-0.3, -0.25) is 4.79 Å². The van der Waals surface area contributed by atoms with Gasteiger partial charge in [-0.1, -0.05) is 29.3 Å². The number of para-hydroxylation sites is 1. The Kier molecular flexibility index (Phi) is 4.23. The fourth-order valence-corrected chi connectivity index (χ4v) is 2.05. The molecule has 2 rings (SSSR count). The van der Waals surface area contributed by atoms with E-state index in [-0.39, 0.29) is 5.91 Å². The molecule has 4 nitrogen and oxygen atoms in total. The van der Waals surface area contributed by atoms with Gasteiger partial charge in [-0.2, -0.15) is 0 Å². The van der Waals surface area contributed by atoms with Gasteiger partial charge in [-0.25, -0.2) is 0 Å². The summed E-state index contributed by atoms with van der Waals surface area (Å²) < 4.78 is 5.33. The van der Waals surface area contributed by atoms with Crippen molar-refractivity contribution >= 4 is 34.8 Å². The second-order valence-electron chi connectivity index (χ2n) is 3.65. The predicted molar refractivity (Wildman–Crippen MR) is 67.7 cm³/mol. The van der Waals surface area contributed by atoms with Crippen LogP contribution in [0.2, 0.25) is 10.0 Å². The highest BCUT2D eigenvalue weighted by molar-refractivity contribution is 6.39. The molecule has 0 saturated carbocycles. The third-order valence-corrected chi connectivity index (χ3v) is 3.06. The molecule has 0 bridgehead atoms. The summed E-state index contributed by atoms with van der Waals surface area (Å²) in [6.45, 7) is 1.78. The number of halogens is 2. The van der Waals surface area contributed by atoms with Crippen LogP contribution >= 0.6 is 23.2 Å². The topological polar surface area (TPSA) is 50.4 Å². The molecule has 6 heteroatoms. The first-order valence-electron chi connectivity index (χ1n) is 5.25. The summed E-state index contributed by atoms with van der Waals surface area (Å²) in [5.41, 5.74) is 0.426. The van der Waals surface area contributed by atoms with Crippen molar-refractivity contribution in [3.63, 3.8) is 0 Å². The van der Waals surface area contributed by atoms with Crippen LogP contribution in [0.15, 0.2) is 18.2 Å². The molecule has 92 valence electrons. The summed E-state index contributed by atoms with van der Waals surface area (Å²) in [4.78, 5) is 11.9. The third kappa shape index (κ3) is 3.10. The van der Waals surface area contributed by atoms with E-state index >= 15 is 0 Å². The minimum absolute atomic E-state index is 0.243. The summed E-state index contributed by atoms with van der Waals surface area (Å²) in [6.07, 6.45) is -0.504. The Bertz CT molecular complexity index is 400. The van der Waals surface area contributed by atoms with E-state index in [9.17, 15) is 4.79 Å². The van der Waals surface area contributed by atoms with E-state index in [1.54, 1.807) is 18.2 Å². The first kappa shape index (κ1) is 12.6. The lowest BCUT2D eigenvalue weighted by atomic mass is 10.2. The van der Waals surface area contributed by atoms with Gasteiger partial charge in [0, 0.05) is 13.1 Å². The maximum Gasteiger partial charge on any atom is 0.254 e. The van der Waals surface area contributed by atoms with Crippen LogP contribution < -0.4 is 10.6 Å². The number of hydrogen-bond donors (Lipinski definition) is 2. The van der Waals surface area contributed by atoms with Crippen molar-refractivity contribution < 1.29 is 9.53 Å². The largest absolute Gasteiger partial charge is 0.366 e. The zero-order valence-electron chi connectivity index (χ0n) is 9.00. The number of hydrogen-bond acceptors (Lipinski definition) is 3. The smallest absolute Gasteiger partial charge is 0.254 e. The monoisotopic (exact) mass is 274 g/mol. The van der Waals surface area contributed by atoms with Crippen molar-refractivity contribution in [1.29, 1.82) is 0 Å². The van der Waals surface area contributed by atoms with Crippen LogP contribution in [-0.2, 0) is 9.53 Å². The van der Waals surface area contributed by atoms with E-state index < -0.39 is 6.10 Å². The molecule has 1 aromatic rings. The first-order chi connectivity index (χ1) is 8.18. The van der Waals surface area contributed by atoms with Crippen LogP contribution in [0, 0.1) is 0 Å². The second kappa shape index (κ2) is 5.69. The zero-order valence-corrected chi connectivity index (χ0v) is 10.5. The molecule has 1 aliphatic heterocycles. The Morgan fingerprint density at radius 1 is 1.41 bits per heavy atom.